The number of methoxy groups -OCH3 is 2. The summed E-state index contributed by atoms with van der Waals surface area (Å²) in [5.41, 5.74) is 1.98. The van der Waals surface area contributed by atoms with Gasteiger partial charge in [0, 0.05) is 48.9 Å². The number of ether oxygens (including phenoxy) is 2. The summed E-state index contributed by atoms with van der Waals surface area (Å²) < 4.78 is 10.8. The maximum atomic E-state index is 12.6. The average molecular weight is 442 g/mol. The molecule has 166 valence electrons. The third-order valence-electron chi connectivity index (χ3n) is 5.23. The van der Waals surface area contributed by atoms with Crippen molar-refractivity contribution in [3.8, 4) is 11.5 Å². The highest BCUT2D eigenvalue weighted by atomic mass is 32.2. The molecule has 6 nitrogen and oxygen atoms in total. The predicted molar refractivity (Wildman–Crippen MR) is 127 cm³/mol. The van der Waals surface area contributed by atoms with E-state index in [4.69, 9.17) is 9.47 Å². The van der Waals surface area contributed by atoms with Crippen LogP contribution in [-0.2, 0) is 11.3 Å². The lowest BCUT2D eigenvalue weighted by molar-refractivity contribution is -0.117. The lowest BCUT2D eigenvalue weighted by Crippen LogP contribution is -2.48. The predicted octanol–water partition coefficient (Wildman–Crippen LogP) is 3.74. The molecule has 2 aromatic carbocycles. The van der Waals surface area contributed by atoms with Gasteiger partial charge in [0.15, 0.2) is 0 Å². The second kappa shape index (κ2) is 11.8. The van der Waals surface area contributed by atoms with Crippen molar-refractivity contribution >= 4 is 23.4 Å². The first-order valence-corrected chi connectivity index (χ1v) is 11.4. The number of carbonyl (C=O) groups excluding carboxylic acids is 1. The highest BCUT2D eigenvalue weighted by Gasteiger charge is 2.20. The van der Waals surface area contributed by atoms with E-state index in [2.05, 4.69) is 21.7 Å². The summed E-state index contributed by atoms with van der Waals surface area (Å²) in [6.07, 6.45) is 1.86. The number of para-hydroxylation sites is 1. The van der Waals surface area contributed by atoms with Gasteiger partial charge < -0.3 is 14.8 Å². The zero-order valence-electron chi connectivity index (χ0n) is 18.3. The molecule has 1 amide bonds. The molecule has 0 atom stereocenters. The fourth-order valence-corrected chi connectivity index (χ4v) is 4.34. The number of nitrogens with zero attached hydrogens (tertiary/aromatic N) is 2. The first-order valence-electron chi connectivity index (χ1n) is 10.4. The van der Waals surface area contributed by atoms with Crippen LogP contribution in [-0.4, -0.2) is 68.4 Å². The van der Waals surface area contributed by atoms with Crippen molar-refractivity contribution in [2.75, 3.05) is 58.0 Å². The van der Waals surface area contributed by atoms with E-state index in [1.807, 2.05) is 48.5 Å². The topological polar surface area (TPSA) is 54.0 Å². The summed E-state index contributed by atoms with van der Waals surface area (Å²) in [6.45, 7) is 8.47. The van der Waals surface area contributed by atoms with E-state index >= 15 is 0 Å². The molecule has 1 aliphatic rings. The number of anilines is 1. The molecular weight excluding hydrogens is 410 g/mol. The molecule has 1 fully saturated rings. The van der Waals surface area contributed by atoms with Crippen molar-refractivity contribution in [3.63, 3.8) is 0 Å². The Kier molecular flexibility index (Phi) is 8.82. The number of amides is 1. The van der Waals surface area contributed by atoms with E-state index in [0.29, 0.717) is 6.54 Å². The van der Waals surface area contributed by atoms with Gasteiger partial charge in [0.25, 0.3) is 0 Å². The zero-order chi connectivity index (χ0) is 22.1. The summed E-state index contributed by atoms with van der Waals surface area (Å²) in [4.78, 5) is 18.3. The second-order valence-corrected chi connectivity index (χ2v) is 8.44. The van der Waals surface area contributed by atoms with E-state index < -0.39 is 0 Å². The first-order chi connectivity index (χ1) is 15.1. The molecule has 3 rings (SSSR count). The van der Waals surface area contributed by atoms with Crippen LogP contribution in [0.15, 0.2) is 60.0 Å². The smallest absolute Gasteiger partial charge is 0.238 e. The van der Waals surface area contributed by atoms with E-state index in [1.165, 1.54) is 0 Å². The molecule has 1 saturated heterocycles. The quantitative estimate of drug-likeness (QED) is 0.448. The zero-order valence-corrected chi connectivity index (χ0v) is 19.1. The lowest BCUT2D eigenvalue weighted by atomic mass is 10.1. The Labute approximate surface area is 189 Å². The van der Waals surface area contributed by atoms with Crippen LogP contribution in [0.4, 0.5) is 5.69 Å². The molecule has 2 aromatic rings. The van der Waals surface area contributed by atoms with E-state index in [9.17, 15) is 4.79 Å². The highest BCUT2D eigenvalue weighted by Crippen LogP contribution is 2.27. The summed E-state index contributed by atoms with van der Waals surface area (Å²) in [5, 5.41) is 3.07. The summed E-state index contributed by atoms with van der Waals surface area (Å²) in [5.74, 6) is 2.54. The van der Waals surface area contributed by atoms with Crippen LogP contribution in [0.2, 0.25) is 0 Å². The van der Waals surface area contributed by atoms with Gasteiger partial charge in [-0.05, 0) is 30.3 Å². The van der Waals surface area contributed by atoms with Crippen LogP contribution in [0, 0.1) is 0 Å². The largest absolute Gasteiger partial charge is 0.497 e. The highest BCUT2D eigenvalue weighted by molar-refractivity contribution is 7.99. The molecule has 1 aliphatic heterocycles. The van der Waals surface area contributed by atoms with Crippen LogP contribution in [0.3, 0.4) is 0 Å². The van der Waals surface area contributed by atoms with Gasteiger partial charge in [0.05, 0.1) is 26.5 Å². The molecular formula is C24H31N3O3S. The Balaban J connectivity index is 1.49. The van der Waals surface area contributed by atoms with Gasteiger partial charge in [-0.3, -0.25) is 14.6 Å². The van der Waals surface area contributed by atoms with Crippen molar-refractivity contribution in [1.82, 2.24) is 9.80 Å². The Bertz CT molecular complexity index is 882. The van der Waals surface area contributed by atoms with Gasteiger partial charge in [-0.1, -0.05) is 18.2 Å². The number of rotatable bonds is 10. The summed E-state index contributed by atoms with van der Waals surface area (Å²) >= 11 is 1.67. The fourth-order valence-electron chi connectivity index (χ4n) is 3.59. The van der Waals surface area contributed by atoms with Gasteiger partial charge in [0.2, 0.25) is 5.91 Å². The number of hydrogen-bond acceptors (Lipinski definition) is 6. The van der Waals surface area contributed by atoms with Crippen LogP contribution >= 0.6 is 11.8 Å². The fraction of sp³-hybridized carbons (Fsp3) is 0.375. The normalized spacial score (nSPS) is 14.8. The Hall–Kier alpha value is -2.48. The van der Waals surface area contributed by atoms with Gasteiger partial charge in [0.1, 0.15) is 11.5 Å². The maximum absolute atomic E-state index is 12.6. The number of hydrogen-bond donors (Lipinski definition) is 1. The van der Waals surface area contributed by atoms with Crippen molar-refractivity contribution < 1.29 is 14.3 Å². The first kappa shape index (κ1) is 23.2. The summed E-state index contributed by atoms with van der Waals surface area (Å²) in [7, 11) is 3.36. The van der Waals surface area contributed by atoms with Crippen LogP contribution in [0.1, 0.15) is 5.56 Å². The molecule has 0 radical (unpaired) electrons. The van der Waals surface area contributed by atoms with Gasteiger partial charge >= 0.3 is 0 Å². The average Bonchev–Trinajstić information content (AvgIpc) is 2.79. The second-order valence-electron chi connectivity index (χ2n) is 7.37. The molecule has 0 aliphatic carbocycles. The Morgan fingerprint density at radius 3 is 2.55 bits per heavy atom. The minimum atomic E-state index is 0.0227. The van der Waals surface area contributed by atoms with Crippen molar-refractivity contribution in [2.45, 2.75) is 11.4 Å². The molecule has 0 unspecified atom stereocenters. The van der Waals surface area contributed by atoms with Gasteiger partial charge in [-0.15, -0.1) is 18.3 Å². The lowest BCUT2D eigenvalue weighted by Gasteiger charge is -2.34. The van der Waals surface area contributed by atoms with Gasteiger partial charge in [-0.25, -0.2) is 0 Å². The maximum Gasteiger partial charge on any atom is 0.238 e. The SMILES string of the molecule is C=CCSc1ccccc1NC(=O)CN1CCN(Cc2cc(OC)ccc2OC)CC1. The Morgan fingerprint density at radius 1 is 1.10 bits per heavy atom. The number of nitrogens with one attached hydrogen (secondary N) is 1. The monoisotopic (exact) mass is 441 g/mol. The Morgan fingerprint density at radius 2 is 1.84 bits per heavy atom. The molecule has 1 heterocycles. The molecule has 0 spiro atoms. The standard InChI is InChI=1S/C24H31N3O3S/c1-4-15-31-23-8-6-5-7-21(23)25-24(28)18-27-13-11-26(12-14-27)17-19-16-20(29-2)9-10-22(19)30-3/h4-10,16H,1,11-15,17-18H2,2-3H3,(H,25,28). The number of thioether (sulfide) groups is 1. The molecule has 31 heavy (non-hydrogen) atoms. The molecule has 0 bridgehead atoms. The summed E-state index contributed by atoms with van der Waals surface area (Å²) in [6, 6.07) is 13.8. The number of benzene rings is 2. The minimum Gasteiger partial charge on any atom is -0.497 e. The van der Waals surface area contributed by atoms with Crippen molar-refractivity contribution in [1.29, 1.82) is 0 Å². The van der Waals surface area contributed by atoms with Crippen molar-refractivity contribution in [3.05, 3.63) is 60.7 Å². The molecule has 0 saturated carbocycles. The minimum absolute atomic E-state index is 0.0227. The van der Waals surface area contributed by atoms with Crippen LogP contribution in [0.25, 0.3) is 0 Å². The van der Waals surface area contributed by atoms with Gasteiger partial charge in [-0.2, -0.15) is 0 Å². The number of carbonyl (C=O) groups is 1. The van der Waals surface area contributed by atoms with E-state index in [0.717, 1.165) is 66.1 Å². The molecule has 7 heteroatoms. The third-order valence-corrected chi connectivity index (χ3v) is 6.30. The van der Waals surface area contributed by atoms with E-state index in [-0.39, 0.29) is 5.91 Å². The molecule has 1 N–H and O–H groups in total. The third kappa shape index (κ3) is 6.75. The van der Waals surface area contributed by atoms with Crippen LogP contribution in [0.5, 0.6) is 11.5 Å². The number of piperazine rings is 1. The molecule has 0 aromatic heterocycles. The van der Waals surface area contributed by atoms with Crippen LogP contribution < -0.4 is 14.8 Å². The van der Waals surface area contributed by atoms with Crippen molar-refractivity contribution in [2.24, 2.45) is 0 Å². The van der Waals surface area contributed by atoms with E-state index in [1.54, 1.807) is 26.0 Å².